The number of anilines is 1. The van der Waals surface area contributed by atoms with Crippen molar-refractivity contribution in [3.8, 4) is 0 Å². The van der Waals surface area contributed by atoms with Gasteiger partial charge in [-0.3, -0.25) is 4.68 Å². The van der Waals surface area contributed by atoms with Crippen molar-refractivity contribution < 1.29 is 0 Å². The molecule has 0 aliphatic carbocycles. The van der Waals surface area contributed by atoms with Crippen LogP contribution in [0.1, 0.15) is 5.56 Å². The predicted octanol–water partition coefficient (Wildman–Crippen LogP) is 1.64. The Balaban J connectivity index is 1.76. The average molecular weight is 299 g/mol. The van der Waals surface area contributed by atoms with Gasteiger partial charge in [0.05, 0.1) is 12.5 Å². The van der Waals surface area contributed by atoms with E-state index in [9.17, 15) is 0 Å². The number of imidazole rings is 1. The zero-order valence-corrected chi connectivity index (χ0v) is 12.2. The van der Waals surface area contributed by atoms with Crippen LogP contribution in [0.3, 0.4) is 0 Å². The maximum Gasteiger partial charge on any atom is 0.182 e. The molecule has 0 unspecified atom stereocenters. The standard InChI is InChI=1S/C13H13N7S/c1-19-5-9(4-18-19)10-6-20(2-3-21-10)13-11-12(15-7-14-11)16-8-17-13/h4-8H,2-3H2,1H3,(H,14,15,16,17). The number of rotatable bonds is 2. The molecule has 0 aromatic carbocycles. The zero-order valence-electron chi connectivity index (χ0n) is 11.4. The van der Waals surface area contributed by atoms with Crippen molar-refractivity contribution in [1.29, 1.82) is 0 Å². The Hall–Kier alpha value is -2.35. The Kier molecular flexibility index (Phi) is 2.88. The highest BCUT2D eigenvalue weighted by Crippen LogP contribution is 2.33. The van der Waals surface area contributed by atoms with E-state index in [2.05, 4.69) is 36.1 Å². The normalized spacial score (nSPS) is 15.5. The van der Waals surface area contributed by atoms with Crippen molar-refractivity contribution in [1.82, 2.24) is 29.7 Å². The molecule has 3 aromatic heterocycles. The van der Waals surface area contributed by atoms with E-state index in [1.165, 1.54) is 4.91 Å². The molecule has 1 N–H and O–H groups in total. The van der Waals surface area contributed by atoms with Gasteiger partial charge in [0.15, 0.2) is 11.5 Å². The largest absolute Gasteiger partial charge is 0.340 e. The quantitative estimate of drug-likeness (QED) is 0.775. The second-order valence-corrected chi connectivity index (χ2v) is 5.87. The average Bonchev–Trinajstić information content (AvgIpc) is 3.15. The third kappa shape index (κ3) is 2.17. The van der Waals surface area contributed by atoms with E-state index in [4.69, 9.17) is 0 Å². The lowest BCUT2D eigenvalue weighted by Crippen LogP contribution is -2.24. The second kappa shape index (κ2) is 4.88. The van der Waals surface area contributed by atoms with Gasteiger partial charge in [0.2, 0.25) is 0 Å². The summed E-state index contributed by atoms with van der Waals surface area (Å²) in [5, 5.41) is 4.23. The number of aryl methyl sites for hydroxylation is 1. The van der Waals surface area contributed by atoms with Crippen molar-refractivity contribution in [2.75, 3.05) is 17.2 Å². The molecule has 8 heteroatoms. The molecular formula is C13H13N7S. The Morgan fingerprint density at radius 1 is 1.29 bits per heavy atom. The number of fused-ring (bicyclic) bond motifs is 1. The first kappa shape index (κ1) is 12.4. The van der Waals surface area contributed by atoms with Crippen molar-refractivity contribution in [3.05, 3.63) is 36.8 Å². The fourth-order valence-corrected chi connectivity index (χ4v) is 3.32. The van der Waals surface area contributed by atoms with E-state index < -0.39 is 0 Å². The van der Waals surface area contributed by atoms with E-state index in [0.29, 0.717) is 5.65 Å². The highest BCUT2D eigenvalue weighted by Gasteiger charge is 2.18. The lowest BCUT2D eigenvalue weighted by Gasteiger charge is -2.25. The van der Waals surface area contributed by atoms with Crippen LogP contribution in [0.25, 0.3) is 16.1 Å². The van der Waals surface area contributed by atoms with Gasteiger partial charge in [0.25, 0.3) is 0 Å². The molecule has 0 spiro atoms. The molecule has 3 aromatic rings. The highest BCUT2D eigenvalue weighted by molar-refractivity contribution is 8.08. The van der Waals surface area contributed by atoms with E-state index in [0.717, 1.165) is 29.2 Å². The summed E-state index contributed by atoms with van der Waals surface area (Å²) in [6.45, 7) is 0.902. The maximum absolute atomic E-state index is 4.40. The van der Waals surface area contributed by atoms with Crippen LogP contribution in [0.2, 0.25) is 0 Å². The molecule has 0 bridgehead atoms. The monoisotopic (exact) mass is 299 g/mol. The lowest BCUT2D eigenvalue weighted by atomic mass is 10.3. The Bertz CT molecular complexity index is 819. The molecule has 1 aliphatic rings. The van der Waals surface area contributed by atoms with E-state index in [1.54, 1.807) is 12.7 Å². The van der Waals surface area contributed by atoms with Crippen LogP contribution >= 0.6 is 11.8 Å². The number of aromatic nitrogens is 6. The molecule has 0 radical (unpaired) electrons. The molecule has 106 valence electrons. The second-order valence-electron chi connectivity index (χ2n) is 4.74. The summed E-state index contributed by atoms with van der Waals surface area (Å²) in [5.41, 5.74) is 2.68. The topological polar surface area (TPSA) is 75.5 Å². The van der Waals surface area contributed by atoms with Gasteiger partial charge < -0.3 is 9.88 Å². The predicted molar refractivity (Wildman–Crippen MR) is 82.7 cm³/mol. The van der Waals surface area contributed by atoms with E-state index in [1.807, 2.05) is 35.9 Å². The minimum Gasteiger partial charge on any atom is -0.340 e. The molecular weight excluding hydrogens is 286 g/mol. The molecule has 4 rings (SSSR count). The summed E-state index contributed by atoms with van der Waals surface area (Å²) < 4.78 is 1.81. The first-order valence-electron chi connectivity index (χ1n) is 6.55. The van der Waals surface area contributed by atoms with E-state index >= 15 is 0 Å². The van der Waals surface area contributed by atoms with Gasteiger partial charge in [-0.2, -0.15) is 5.10 Å². The number of hydrogen-bond acceptors (Lipinski definition) is 6. The van der Waals surface area contributed by atoms with Gasteiger partial charge in [-0.1, -0.05) is 0 Å². The molecule has 21 heavy (non-hydrogen) atoms. The number of H-pyrrole nitrogens is 1. The minimum atomic E-state index is 0.689. The molecule has 7 nitrogen and oxygen atoms in total. The van der Waals surface area contributed by atoms with Gasteiger partial charge in [0.1, 0.15) is 11.8 Å². The first-order chi connectivity index (χ1) is 10.3. The molecule has 4 heterocycles. The summed E-state index contributed by atoms with van der Waals surface area (Å²) in [6.07, 6.45) is 9.22. The number of aromatic amines is 1. The van der Waals surface area contributed by atoms with Crippen molar-refractivity contribution in [2.24, 2.45) is 7.05 Å². The van der Waals surface area contributed by atoms with Gasteiger partial charge >= 0.3 is 0 Å². The van der Waals surface area contributed by atoms with Crippen LogP contribution in [0, 0.1) is 0 Å². The van der Waals surface area contributed by atoms with Crippen LogP contribution in [0.15, 0.2) is 31.2 Å². The maximum atomic E-state index is 4.40. The fraction of sp³-hybridized carbons (Fsp3) is 0.231. The SMILES string of the molecule is Cn1cc(C2=CN(c3ncnc4nc[nH]c34)CCS2)cn1. The molecule has 1 aliphatic heterocycles. The number of nitrogens with one attached hydrogen (secondary N) is 1. The molecule has 0 atom stereocenters. The van der Waals surface area contributed by atoms with Crippen molar-refractivity contribution in [3.63, 3.8) is 0 Å². The summed E-state index contributed by atoms with van der Waals surface area (Å²) in [5.74, 6) is 1.86. The summed E-state index contributed by atoms with van der Waals surface area (Å²) in [7, 11) is 1.92. The Labute approximate surface area is 125 Å². The van der Waals surface area contributed by atoms with Crippen molar-refractivity contribution >= 4 is 33.6 Å². The van der Waals surface area contributed by atoms with Crippen LogP contribution < -0.4 is 4.90 Å². The molecule has 0 saturated carbocycles. The third-order valence-corrected chi connectivity index (χ3v) is 4.37. The smallest absolute Gasteiger partial charge is 0.182 e. The Morgan fingerprint density at radius 2 is 2.24 bits per heavy atom. The van der Waals surface area contributed by atoms with Crippen LogP contribution in [0.4, 0.5) is 5.82 Å². The fourth-order valence-electron chi connectivity index (χ4n) is 2.34. The third-order valence-electron chi connectivity index (χ3n) is 3.33. The van der Waals surface area contributed by atoms with Gasteiger partial charge in [-0.25, -0.2) is 15.0 Å². The molecule has 0 fully saturated rings. The summed E-state index contributed by atoms with van der Waals surface area (Å²) >= 11 is 1.83. The number of nitrogens with zero attached hydrogens (tertiary/aromatic N) is 6. The first-order valence-corrected chi connectivity index (χ1v) is 7.54. The Morgan fingerprint density at radius 3 is 3.10 bits per heavy atom. The number of hydrogen-bond donors (Lipinski definition) is 1. The zero-order chi connectivity index (χ0) is 14.2. The molecule has 0 saturated heterocycles. The highest BCUT2D eigenvalue weighted by atomic mass is 32.2. The van der Waals surface area contributed by atoms with Crippen molar-refractivity contribution in [2.45, 2.75) is 0 Å². The minimum absolute atomic E-state index is 0.689. The number of thioether (sulfide) groups is 1. The summed E-state index contributed by atoms with van der Waals surface area (Å²) in [4.78, 5) is 19.2. The van der Waals surface area contributed by atoms with Gasteiger partial charge in [-0.15, -0.1) is 11.8 Å². The van der Waals surface area contributed by atoms with Gasteiger partial charge in [-0.05, 0) is 0 Å². The van der Waals surface area contributed by atoms with Gasteiger partial charge in [0, 0.05) is 42.2 Å². The summed E-state index contributed by atoms with van der Waals surface area (Å²) in [6, 6.07) is 0. The van der Waals surface area contributed by atoms with E-state index in [-0.39, 0.29) is 0 Å². The van der Waals surface area contributed by atoms with Crippen LogP contribution in [-0.4, -0.2) is 42.0 Å². The lowest BCUT2D eigenvalue weighted by molar-refractivity contribution is 0.767. The van der Waals surface area contributed by atoms with Crippen LogP contribution in [0.5, 0.6) is 0 Å². The van der Waals surface area contributed by atoms with Crippen LogP contribution in [-0.2, 0) is 7.05 Å². The molecule has 0 amide bonds.